The van der Waals surface area contributed by atoms with Crippen molar-refractivity contribution in [3.63, 3.8) is 0 Å². The number of nitrogen functional groups attached to an aromatic ring is 1. The van der Waals surface area contributed by atoms with Crippen molar-refractivity contribution < 1.29 is 33.7 Å². The van der Waals surface area contributed by atoms with Gasteiger partial charge < -0.3 is 45.7 Å². The van der Waals surface area contributed by atoms with Gasteiger partial charge >= 0.3 is 0 Å². The number of nitrogens with two attached hydrogens (primary N) is 3. The van der Waals surface area contributed by atoms with Gasteiger partial charge in [-0.25, -0.2) is 9.97 Å². The highest BCUT2D eigenvalue weighted by Gasteiger charge is 2.22. The minimum Gasteiger partial charge on any atom is -0.491 e. The van der Waals surface area contributed by atoms with Gasteiger partial charge in [0.1, 0.15) is 28.2 Å². The van der Waals surface area contributed by atoms with E-state index in [4.69, 9.17) is 31.4 Å². The fraction of sp³-hybridized carbons (Fsp3) is 0.405. The van der Waals surface area contributed by atoms with Crippen molar-refractivity contribution in [3.05, 3.63) is 65.0 Å². The largest absolute Gasteiger partial charge is 0.491 e. The number of hydrogen-bond acceptors (Lipinski definition) is 12. The van der Waals surface area contributed by atoms with Gasteiger partial charge in [-0.15, -0.1) is 0 Å². The molecule has 0 atom stereocenters. The van der Waals surface area contributed by atoms with Gasteiger partial charge in [0, 0.05) is 63.4 Å². The number of hydrogen-bond donors (Lipinski definition) is 5. The number of anilines is 2. The second-order valence-corrected chi connectivity index (χ2v) is 13.0. The van der Waals surface area contributed by atoms with E-state index in [1.54, 1.807) is 38.9 Å². The minimum absolute atomic E-state index is 0.0937. The molecule has 292 valence electrons. The maximum absolute atomic E-state index is 13.6. The third-order valence-corrected chi connectivity index (χ3v) is 9.15. The third-order valence-electron chi connectivity index (χ3n) is 9.15. The molecule has 3 amide bonds. The van der Waals surface area contributed by atoms with Crippen molar-refractivity contribution in [2.24, 2.45) is 11.5 Å². The lowest BCUT2D eigenvalue weighted by Crippen LogP contribution is -2.37. The number of carbonyl (C=O) groups excluding carboxylic acids is 3. The summed E-state index contributed by atoms with van der Waals surface area (Å²) in [4.78, 5) is 49.5. The van der Waals surface area contributed by atoms with Crippen molar-refractivity contribution in [1.29, 1.82) is 0 Å². The second kappa shape index (κ2) is 17.4. The summed E-state index contributed by atoms with van der Waals surface area (Å²) in [6.07, 6.45) is 4.85. The number of nitrogens with one attached hydrogen (secondary N) is 1. The first-order chi connectivity index (χ1) is 26.6. The Bertz CT molecular complexity index is 2220. The highest BCUT2D eigenvalue weighted by atomic mass is 16.5. The Labute approximate surface area is 316 Å². The molecular formula is C37H47N11O7. The first-order valence-electron chi connectivity index (χ1n) is 18.2. The zero-order chi connectivity index (χ0) is 39.1. The zero-order valence-corrected chi connectivity index (χ0v) is 31.0. The van der Waals surface area contributed by atoms with Crippen molar-refractivity contribution in [3.8, 4) is 11.5 Å². The Balaban J connectivity index is 1.30. The molecule has 0 bridgehead atoms. The van der Waals surface area contributed by atoms with Crippen LogP contribution in [0.5, 0.6) is 11.5 Å². The van der Waals surface area contributed by atoms with Crippen molar-refractivity contribution in [2.45, 2.75) is 46.3 Å². The molecule has 6 rings (SSSR count). The molecule has 18 nitrogen and oxygen atoms in total. The van der Waals surface area contributed by atoms with Gasteiger partial charge in [0.25, 0.3) is 5.91 Å². The predicted molar refractivity (Wildman–Crippen MR) is 205 cm³/mol. The van der Waals surface area contributed by atoms with E-state index in [0.717, 1.165) is 26.1 Å². The van der Waals surface area contributed by atoms with Crippen LogP contribution < -0.4 is 32.0 Å². The number of aromatic nitrogens is 6. The molecule has 4 heterocycles. The molecular weight excluding hydrogens is 710 g/mol. The maximum atomic E-state index is 13.6. The Morgan fingerprint density at radius 3 is 2.11 bits per heavy atom. The lowest BCUT2D eigenvalue weighted by Gasteiger charge is -2.26. The summed E-state index contributed by atoms with van der Waals surface area (Å²) in [6, 6.07) is 7.94. The number of primary amides is 2. The van der Waals surface area contributed by atoms with Crippen LogP contribution >= 0.6 is 0 Å². The van der Waals surface area contributed by atoms with Crippen LogP contribution in [0.3, 0.4) is 0 Å². The number of amides is 3. The van der Waals surface area contributed by atoms with Crippen molar-refractivity contribution in [2.75, 3.05) is 63.7 Å². The van der Waals surface area contributed by atoms with E-state index in [-0.39, 0.29) is 49.3 Å². The summed E-state index contributed by atoms with van der Waals surface area (Å²) in [7, 11) is 0. The molecule has 3 aromatic heterocycles. The number of aliphatic hydroxyl groups excluding tert-OH is 1. The van der Waals surface area contributed by atoms with Gasteiger partial charge in [0.15, 0.2) is 0 Å². The van der Waals surface area contributed by atoms with Crippen LogP contribution in [0.2, 0.25) is 0 Å². The molecule has 1 saturated heterocycles. The fourth-order valence-corrected chi connectivity index (χ4v) is 6.48. The fourth-order valence-electron chi connectivity index (χ4n) is 6.48. The van der Waals surface area contributed by atoms with Gasteiger partial charge in [0.05, 0.1) is 43.2 Å². The van der Waals surface area contributed by atoms with E-state index < -0.39 is 17.7 Å². The van der Waals surface area contributed by atoms with E-state index in [1.807, 2.05) is 19.1 Å². The summed E-state index contributed by atoms with van der Waals surface area (Å²) < 4.78 is 22.8. The second-order valence-electron chi connectivity index (χ2n) is 13.0. The Morgan fingerprint density at radius 1 is 0.891 bits per heavy atom. The van der Waals surface area contributed by atoms with E-state index in [9.17, 15) is 19.5 Å². The number of rotatable bonds is 18. The van der Waals surface area contributed by atoms with Crippen LogP contribution in [0.15, 0.2) is 42.5 Å². The smallest absolute Gasteiger partial charge is 0.276 e. The molecule has 18 heteroatoms. The standard InChI is InChI=1S/C37H47N11O7/c1-3-48-28(18-23(2)44-48)35(52)43-37-42-27-20-25(34(39)51)22-30(55-15-7-13-49)32(27)47(37)10-5-4-9-46-31-26(41-36(46)40)19-24(33(38)50)21-29(31)54-14-6-8-45-11-16-53-17-12-45/h4-5,18-22,49H,3,6-17H2,1-2H3,(H2,38,50)(H2,39,51)(H2,40,41)(H,42,43,52)/b5-4+. The average Bonchev–Trinajstić information content (AvgIpc) is 3.83. The Morgan fingerprint density at radius 2 is 1.49 bits per heavy atom. The lowest BCUT2D eigenvalue weighted by atomic mass is 10.1. The Hall–Kier alpha value is -5.98. The molecule has 0 spiro atoms. The van der Waals surface area contributed by atoms with Crippen LogP contribution in [-0.4, -0.2) is 109 Å². The number of aliphatic hydroxyl groups is 1. The quantitative estimate of drug-likeness (QED) is 0.0637. The highest BCUT2D eigenvalue weighted by molar-refractivity contribution is 6.04. The van der Waals surface area contributed by atoms with Crippen LogP contribution in [0.1, 0.15) is 56.7 Å². The number of morpholine rings is 1. The van der Waals surface area contributed by atoms with Gasteiger partial charge in [-0.2, -0.15) is 5.10 Å². The molecule has 1 aliphatic rings. The number of fused-ring (bicyclic) bond motifs is 2. The first kappa shape index (κ1) is 38.7. The molecule has 1 fully saturated rings. The molecule has 1 aliphatic heterocycles. The van der Waals surface area contributed by atoms with E-state index >= 15 is 0 Å². The van der Waals surface area contributed by atoms with E-state index in [1.165, 1.54) is 12.1 Å². The molecule has 0 saturated carbocycles. The molecule has 55 heavy (non-hydrogen) atoms. The summed E-state index contributed by atoms with van der Waals surface area (Å²) in [5.41, 5.74) is 21.1. The molecule has 0 aliphatic carbocycles. The van der Waals surface area contributed by atoms with Gasteiger partial charge in [0.2, 0.25) is 23.7 Å². The van der Waals surface area contributed by atoms with Crippen molar-refractivity contribution in [1.82, 2.24) is 33.8 Å². The normalized spacial score (nSPS) is 13.6. The van der Waals surface area contributed by atoms with Gasteiger partial charge in [-0.05, 0) is 50.6 Å². The molecule has 0 radical (unpaired) electrons. The third kappa shape index (κ3) is 8.88. The van der Waals surface area contributed by atoms with Crippen LogP contribution in [0, 0.1) is 6.92 Å². The van der Waals surface area contributed by atoms with E-state index in [2.05, 4.69) is 25.3 Å². The van der Waals surface area contributed by atoms with Crippen LogP contribution in [0.4, 0.5) is 11.9 Å². The zero-order valence-electron chi connectivity index (χ0n) is 31.0. The van der Waals surface area contributed by atoms with Gasteiger partial charge in [-0.3, -0.25) is 29.3 Å². The number of benzene rings is 2. The number of aryl methyl sites for hydroxylation is 2. The number of nitrogens with zero attached hydrogens (tertiary/aromatic N) is 7. The SMILES string of the molecule is CCn1nc(C)cc1C(=O)Nc1nc2cc(C(N)=O)cc(OCCCO)c2n1C/C=C/Cn1c(N)nc2cc(C(N)=O)cc(OCCCN3CCOCC3)c21. The van der Waals surface area contributed by atoms with Gasteiger partial charge in [-0.1, -0.05) is 12.2 Å². The summed E-state index contributed by atoms with van der Waals surface area (Å²) in [5, 5.41) is 16.7. The van der Waals surface area contributed by atoms with Crippen molar-refractivity contribution >= 4 is 51.7 Å². The first-order valence-corrected chi connectivity index (χ1v) is 18.2. The molecule has 5 aromatic rings. The topological polar surface area (TPSA) is 246 Å². The minimum atomic E-state index is -0.676. The highest BCUT2D eigenvalue weighted by Crippen LogP contribution is 2.33. The summed E-state index contributed by atoms with van der Waals surface area (Å²) in [5.74, 6) is -0.563. The number of imidazole rings is 2. The predicted octanol–water partition coefficient (Wildman–Crippen LogP) is 2.06. The molecule has 8 N–H and O–H groups in total. The summed E-state index contributed by atoms with van der Waals surface area (Å²) in [6.45, 7) is 9.13. The average molecular weight is 758 g/mol. The number of allylic oxidation sites excluding steroid dienone is 2. The summed E-state index contributed by atoms with van der Waals surface area (Å²) >= 11 is 0. The molecule has 0 unspecified atom stereocenters. The Kier molecular flexibility index (Phi) is 12.3. The number of carbonyl (C=O) groups is 3. The number of ether oxygens (including phenoxy) is 3. The lowest BCUT2D eigenvalue weighted by molar-refractivity contribution is 0.0358. The van der Waals surface area contributed by atoms with Crippen LogP contribution in [-0.2, 0) is 24.4 Å². The maximum Gasteiger partial charge on any atom is 0.276 e. The monoisotopic (exact) mass is 757 g/mol. The molecule has 2 aromatic carbocycles. The van der Waals surface area contributed by atoms with E-state index in [0.29, 0.717) is 77.7 Å². The van der Waals surface area contributed by atoms with Crippen LogP contribution in [0.25, 0.3) is 22.1 Å².